The molecule has 1 amide bonds. The molecule has 1 unspecified atom stereocenters. The van der Waals surface area contributed by atoms with E-state index in [9.17, 15) is 14.7 Å². The van der Waals surface area contributed by atoms with E-state index in [0.29, 0.717) is 23.1 Å². The van der Waals surface area contributed by atoms with E-state index < -0.39 is 17.7 Å². The summed E-state index contributed by atoms with van der Waals surface area (Å²) in [6, 6.07) is 13.7. The van der Waals surface area contributed by atoms with E-state index in [-0.39, 0.29) is 24.0 Å². The van der Waals surface area contributed by atoms with Gasteiger partial charge in [-0.1, -0.05) is 61.8 Å². The van der Waals surface area contributed by atoms with E-state index >= 15 is 0 Å². The zero-order valence-corrected chi connectivity index (χ0v) is 19.0. The van der Waals surface area contributed by atoms with Crippen molar-refractivity contribution in [3.63, 3.8) is 0 Å². The molecule has 0 bridgehead atoms. The summed E-state index contributed by atoms with van der Waals surface area (Å²) in [6.45, 7) is 8.56. The van der Waals surface area contributed by atoms with Crippen LogP contribution in [0.5, 0.6) is 0 Å². The maximum Gasteiger partial charge on any atom is 0.295 e. The highest BCUT2D eigenvalue weighted by molar-refractivity contribution is 6.46. The summed E-state index contributed by atoms with van der Waals surface area (Å²) >= 11 is 6.08. The van der Waals surface area contributed by atoms with Gasteiger partial charge in [-0.2, -0.15) is 0 Å². The standard InChI is InChI=1S/C25H28ClNO4/c1-15(2)17-8-10-18(11-9-17)22-21(23(28)19-6-5-7-20(26)14-19)24(29)25(30)27(22)12-13-31-16(3)4/h5-11,14-16,22,28H,12-13H2,1-4H3/b23-21-. The van der Waals surface area contributed by atoms with Crippen molar-refractivity contribution in [1.29, 1.82) is 0 Å². The molecule has 0 saturated carbocycles. The number of carbonyl (C=O) groups is 2. The van der Waals surface area contributed by atoms with Crippen molar-refractivity contribution in [3.8, 4) is 0 Å². The second-order valence-corrected chi connectivity index (χ2v) is 8.68. The van der Waals surface area contributed by atoms with Gasteiger partial charge in [0.05, 0.1) is 24.3 Å². The minimum atomic E-state index is -0.708. The van der Waals surface area contributed by atoms with E-state index in [2.05, 4.69) is 13.8 Å². The lowest BCUT2D eigenvalue weighted by molar-refractivity contribution is -0.140. The third-order valence-corrected chi connectivity index (χ3v) is 5.58. The fraction of sp³-hybridized carbons (Fsp3) is 0.360. The highest BCUT2D eigenvalue weighted by Crippen LogP contribution is 2.39. The average molecular weight is 442 g/mol. The number of benzene rings is 2. The Morgan fingerprint density at radius 3 is 2.35 bits per heavy atom. The molecule has 164 valence electrons. The first-order valence-electron chi connectivity index (χ1n) is 10.5. The molecule has 1 N–H and O–H groups in total. The van der Waals surface area contributed by atoms with Crippen molar-refractivity contribution < 1.29 is 19.4 Å². The van der Waals surface area contributed by atoms with Crippen LogP contribution in [0, 0.1) is 0 Å². The van der Waals surface area contributed by atoms with Gasteiger partial charge in [0.2, 0.25) is 0 Å². The Balaban J connectivity index is 2.09. The number of Topliss-reactive ketones (excluding diaryl/α,β-unsaturated/α-hetero) is 1. The number of halogens is 1. The minimum Gasteiger partial charge on any atom is -0.507 e. The van der Waals surface area contributed by atoms with Crippen molar-refractivity contribution in [2.24, 2.45) is 0 Å². The van der Waals surface area contributed by atoms with Gasteiger partial charge in [0, 0.05) is 17.1 Å². The minimum absolute atomic E-state index is 0.00654. The molecule has 2 aromatic carbocycles. The van der Waals surface area contributed by atoms with Gasteiger partial charge in [-0.15, -0.1) is 0 Å². The summed E-state index contributed by atoms with van der Waals surface area (Å²) in [4.78, 5) is 27.4. The normalized spacial score (nSPS) is 18.4. The lowest BCUT2D eigenvalue weighted by atomic mass is 9.93. The fourth-order valence-corrected chi connectivity index (χ4v) is 3.89. The van der Waals surface area contributed by atoms with Crippen LogP contribution in [0.25, 0.3) is 5.76 Å². The second-order valence-electron chi connectivity index (χ2n) is 8.24. The topological polar surface area (TPSA) is 66.8 Å². The summed E-state index contributed by atoms with van der Waals surface area (Å²) < 4.78 is 5.62. The predicted octanol–water partition coefficient (Wildman–Crippen LogP) is 5.31. The van der Waals surface area contributed by atoms with Gasteiger partial charge in [-0.25, -0.2) is 0 Å². The number of ketones is 1. The smallest absolute Gasteiger partial charge is 0.295 e. The lowest BCUT2D eigenvalue weighted by Crippen LogP contribution is -2.33. The summed E-state index contributed by atoms with van der Waals surface area (Å²) in [5, 5.41) is 11.5. The van der Waals surface area contributed by atoms with Crippen LogP contribution in [0.15, 0.2) is 54.1 Å². The Bertz CT molecular complexity index is 995. The monoisotopic (exact) mass is 441 g/mol. The van der Waals surface area contributed by atoms with Crippen LogP contribution in [0.4, 0.5) is 0 Å². The average Bonchev–Trinajstić information content (AvgIpc) is 2.98. The SMILES string of the molecule is CC(C)OCCN1C(=O)C(=O)/C(=C(\O)c2cccc(Cl)c2)C1c1ccc(C(C)C)cc1. The zero-order chi connectivity index (χ0) is 22.7. The number of aliphatic hydroxyl groups excluding tert-OH is 1. The number of likely N-dealkylation sites (tertiary alicyclic amines) is 1. The number of rotatable bonds is 7. The number of carbonyl (C=O) groups excluding carboxylic acids is 2. The van der Waals surface area contributed by atoms with Crippen LogP contribution in [0.2, 0.25) is 5.02 Å². The van der Waals surface area contributed by atoms with E-state index in [1.54, 1.807) is 24.3 Å². The molecule has 1 saturated heterocycles. The Morgan fingerprint density at radius 2 is 1.77 bits per heavy atom. The van der Waals surface area contributed by atoms with Crippen molar-refractivity contribution in [3.05, 3.63) is 75.8 Å². The zero-order valence-electron chi connectivity index (χ0n) is 18.3. The molecule has 31 heavy (non-hydrogen) atoms. The van der Waals surface area contributed by atoms with Crippen molar-refractivity contribution in [1.82, 2.24) is 4.90 Å². The Kier molecular flexibility index (Phi) is 7.19. The number of aliphatic hydroxyl groups is 1. The Morgan fingerprint density at radius 1 is 1.10 bits per heavy atom. The first-order chi connectivity index (χ1) is 14.7. The van der Waals surface area contributed by atoms with Crippen molar-refractivity contribution >= 4 is 29.1 Å². The molecular weight excluding hydrogens is 414 g/mol. The highest BCUT2D eigenvalue weighted by Gasteiger charge is 2.45. The first kappa shape index (κ1) is 23.0. The summed E-state index contributed by atoms with van der Waals surface area (Å²) in [7, 11) is 0. The van der Waals surface area contributed by atoms with E-state index in [1.165, 1.54) is 4.90 Å². The largest absolute Gasteiger partial charge is 0.507 e. The molecule has 0 aliphatic carbocycles. The van der Waals surface area contributed by atoms with Gasteiger partial charge in [-0.05, 0) is 43.0 Å². The number of amides is 1. The summed E-state index contributed by atoms with van der Waals surface area (Å²) in [6.07, 6.45) is 0.00654. The van der Waals surface area contributed by atoms with Crippen LogP contribution in [-0.2, 0) is 14.3 Å². The maximum atomic E-state index is 13.0. The third-order valence-electron chi connectivity index (χ3n) is 5.34. The molecule has 0 radical (unpaired) electrons. The van der Waals surface area contributed by atoms with Crippen LogP contribution in [0.3, 0.4) is 0 Å². The molecule has 3 rings (SSSR count). The third kappa shape index (κ3) is 5.00. The van der Waals surface area contributed by atoms with Crippen LogP contribution in [0.1, 0.15) is 56.3 Å². The molecular formula is C25H28ClNO4. The lowest BCUT2D eigenvalue weighted by Gasteiger charge is -2.26. The predicted molar refractivity (Wildman–Crippen MR) is 122 cm³/mol. The van der Waals surface area contributed by atoms with E-state index in [0.717, 1.165) is 11.1 Å². The number of ether oxygens (including phenoxy) is 1. The molecule has 1 atom stereocenters. The van der Waals surface area contributed by atoms with Crippen LogP contribution < -0.4 is 0 Å². The number of nitrogens with zero attached hydrogens (tertiary/aromatic N) is 1. The summed E-state index contributed by atoms with van der Waals surface area (Å²) in [5.74, 6) is -1.23. The molecule has 1 fully saturated rings. The molecule has 5 nitrogen and oxygen atoms in total. The van der Waals surface area contributed by atoms with Gasteiger partial charge in [0.25, 0.3) is 11.7 Å². The highest BCUT2D eigenvalue weighted by atomic mass is 35.5. The van der Waals surface area contributed by atoms with Gasteiger partial charge < -0.3 is 14.7 Å². The van der Waals surface area contributed by atoms with Gasteiger partial charge in [-0.3, -0.25) is 9.59 Å². The van der Waals surface area contributed by atoms with Gasteiger partial charge in [0.1, 0.15) is 5.76 Å². The second kappa shape index (κ2) is 9.67. The van der Waals surface area contributed by atoms with Crippen LogP contribution >= 0.6 is 11.6 Å². The fourth-order valence-electron chi connectivity index (χ4n) is 3.70. The first-order valence-corrected chi connectivity index (χ1v) is 10.8. The molecule has 1 aliphatic heterocycles. The molecule has 1 aliphatic rings. The molecule has 6 heteroatoms. The maximum absolute atomic E-state index is 13.0. The number of hydrogen-bond acceptors (Lipinski definition) is 4. The Hall–Kier alpha value is -2.63. The Labute approximate surface area is 188 Å². The van der Waals surface area contributed by atoms with Crippen molar-refractivity contribution in [2.75, 3.05) is 13.2 Å². The van der Waals surface area contributed by atoms with Gasteiger partial charge in [0.15, 0.2) is 0 Å². The molecule has 2 aromatic rings. The molecule has 0 spiro atoms. The van der Waals surface area contributed by atoms with E-state index in [4.69, 9.17) is 16.3 Å². The quantitative estimate of drug-likeness (QED) is 0.359. The van der Waals surface area contributed by atoms with Gasteiger partial charge >= 0.3 is 0 Å². The van der Waals surface area contributed by atoms with E-state index in [1.807, 2.05) is 38.1 Å². The molecule has 0 aromatic heterocycles. The number of hydrogen-bond donors (Lipinski definition) is 1. The molecule has 1 heterocycles. The summed E-state index contributed by atoms with van der Waals surface area (Å²) in [5.41, 5.74) is 2.37. The van der Waals surface area contributed by atoms with Crippen molar-refractivity contribution in [2.45, 2.75) is 45.8 Å². The van der Waals surface area contributed by atoms with Crippen LogP contribution in [-0.4, -0.2) is 41.0 Å².